The maximum absolute atomic E-state index is 6.27. The number of hydrogen-bond acceptors (Lipinski definition) is 2. The van der Waals surface area contributed by atoms with Gasteiger partial charge < -0.3 is 10.6 Å². The molecule has 0 radical (unpaired) electrons. The fraction of sp³-hybridized carbons (Fsp3) is 0.412. The normalized spacial score (nSPS) is 12.9. The van der Waals surface area contributed by atoms with Gasteiger partial charge in [-0.05, 0) is 44.0 Å². The van der Waals surface area contributed by atoms with Gasteiger partial charge in [0.05, 0.1) is 6.04 Å². The summed E-state index contributed by atoms with van der Waals surface area (Å²) in [6.07, 6.45) is 4.67. The number of aryl methyl sites for hydroxylation is 1. The van der Waals surface area contributed by atoms with Crippen molar-refractivity contribution in [2.45, 2.75) is 32.9 Å². The van der Waals surface area contributed by atoms with Crippen molar-refractivity contribution in [3.63, 3.8) is 0 Å². The van der Waals surface area contributed by atoms with Crippen LogP contribution in [0.25, 0.3) is 0 Å². The molecule has 0 saturated heterocycles. The summed E-state index contributed by atoms with van der Waals surface area (Å²) in [5.74, 6) is 0.775. The number of hydrogen-bond donors (Lipinski definition) is 2. The zero-order valence-electron chi connectivity index (χ0n) is 14.0. The number of guanidine groups is 1. The van der Waals surface area contributed by atoms with Gasteiger partial charge in [0.25, 0.3) is 0 Å². The molecular weight excluding hydrogens is 345 g/mol. The summed E-state index contributed by atoms with van der Waals surface area (Å²) in [4.78, 5) is 4.61. The van der Waals surface area contributed by atoms with Gasteiger partial charge in [-0.15, -0.1) is 0 Å². The molecule has 0 aliphatic rings. The third kappa shape index (κ3) is 5.73. The molecule has 1 heterocycles. The lowest BCUT2D eigenvalue weighted by Gasteiger charge is -2.19. The molecule has 5 nitrogen and oxygen atoms in total. The van der Waals surface area contributed by atoms with Crippen molar-refractivity contribution < 1.29 is 0 Å². The van der Waals surface area contributed by atoms with Crippen LogP contribution < -0.4 is 10.6 Å². The highest BCUT2D eigenvalue weighted by Crippen LogP contribution is 2.25. The first-order valence-electron chi connectivity index (χ1n) is 8.07. The van der Waals surface area contributed by atoms with E-state index in [-0.39, 0.29) is 6.04 Å². The van der Waals surface area contributed by atoms with E-state index in [1.165, 1.54) is 0 Å². The molecule has 130 valence electrons. The molecule has 24 heavy (non-hydrogen) atoms. The van der Waals surface area contributed by atoms with Gasteiger partial charge in [-0.3, -0.25) is 9.67 Å². The standard InChI is InChI=1S/C17H23Cl2N5/c1-3-20-17(21-8-4-10-24-11-5-9-22-24)23-13(2)15-7-6-14(18)12-16(15)19/h5-7,9,11-13H,3-4,8,10H2,1-2H3,(H2,20,21,23). The molecule has 2 N–H and O–H groups in total. The molecular formula is C17H23Cl2N5. The topological polar surface area (TPSA) is 54.2 Å². The van der Waals surface area contributed by atoms with Crippen LogP contribution in [0.2, 0.25) is 10.0 Å². The highest BCUT2D eigenvalue weighted by molar-refractivity contribution is 6.35. The van der Waals surface area contributed by atoms with Gasteiger partial charge in [0.2, 0.25) is 0 Å². The lowest BCUT2D eigenvalue weighted by Crippen LogP contribution is -2.39. The average Bonchev–Trinajstić information content (AvgIpc) is 3.04. The summed E-state index contributed by atoms with van der Waals surface area (Å²) in [6, 6.07) is 7.48. The second kappa shape index (κ2) is 9.55. The largest absolute Gasteiger partial charge is 0.357 e. The zero-order valence-corrected chi connectivity index (χ0v) is 15.5. The summed E-state index contributed by atoms with van der Waals surface area (Å²) in [7, 11) is 0. The molecule has 0 saturated carbocycles. The molecule has 0 aliphatic heterocycles. The molecule has 0 amide bonds. The summed E-state index contributed by atoms with van der Waals surface area (Å²) < 4.78 is 1.91. The van der Waals surface area contributed by atoms with E-state index < -0.39 is 0 Å². The van der Waals surface area contributed by atoms with Crippen LogP contribution in [0.15, 0.2) is 41.7 Å². The molecule has 7 heteroatoms. The van der Waals surface area contributed by atoms with E-state index in [0.717, 1.165) is 37.6 Å². The van der Waals surface area contributed by atoms with E-state index in [9.17, 15) is 0 Å². The highest BCUT2D eigenvalue weighted by atomic mass is 35.5. The van der Waals surface area contributed by atoms with Gasteiger partial charge in [0, 0.05) is 42.1 Å². The maximum atomic E-state index is 6.27. The first-order chi connectivity index (χ1) is 11.6. The fourth-order valence-electron chi connectivity index (χ4n) is 2.31. The molecule has 0 bridgehead atoms. The second-order valence-corrected chi connectivity index (χ2v) is 6.26. The summed E-state index contributed by atoms with van der Waals surface area (Å²) in [5.41, 5.74) is 0.989. The van der Waals surface area contributed by atoms with Crippen molar-refractivity contribution in [1.29, 1.82) is 0 Å². The summed E-state index contributed by atoms with van der Waals surface area (Å²) >= 11 is 12.2. The van der Waals surface area contributed by atoms with Crippen molar-refractivity contribution >= 4 is 29.2 Å². The van der Waals surface area contributed by atoms with Crippen LogP contribution in [-0.4, -0.2) is 28.8 Å². The minimum absolute atomic E-state index is 0.0266. The van der Waals surface area contributed by atoms with Crippen LogP contribution in [0.4, 0.5) is 0 Å². The van der Waals surface area contributed by atoms with E-state index in [2.05, 4.69) is 20.7 Å². The number of halogens is 2. The highest BCUT2D eigenvalue weighted by Gasteiger charge is 2.11. The zero-order chi connectivity index (χ0) is 17.4. The Morgan fingerprint density at radius 3 is 2.88 bits per heavy atom. The third-order valence-corrected chi connectivity index (χ3v) is 4.06. The summed E-state index contributed by atoms with van der Waals surface area (Å²) in [5, 5.41) is 12.1. The SMILES string of the molecule is CCNC(=NCCCn1cccn1)NC(C)c1ccc(Cl)cc1Cl. The predicted molar refractivity (Wildman–Crippen MR) is 101 cm³/mol. The average molecular weight is 368 g/mol. The number of benzene rings is 1. The first kappa shape index (κ1) is 18.6. The van der Waals surface area contributed by atoms with Gasteiger partial charge >= 0.3 is 0 Å². The van der Waals surface area contributed by atoms with Gasteiger partial charge in [-0.2, -0.15) is 5.10 Å². The maximum Gasteiger partial charge on any atom is 0.191 e. The number of nitrogens with zero attached hydrogens (tertiary/aromatic N) is 3. The molecule has 1 unspecified atom stereocenters. The number of aliphatic imine (C=N–C) groups is 1. The smallest absolute Gasteiger partial charge is 0.191 e. The Hall–Kier alpha value is -1.72. The van der Waals surface area contributed by atoms with Crippen molar-refractivity contribution in [2.75, 3.05) is 13.1 Å². The molecule has 1 aromatic carbocycles. The van der Waals surface area contributed by atoms with E-state index in [0.29, 0.717) is 10.0 Å². The molecule has 1 atom stereocenters. The first-order valence-corrected chi connectivity index (χ1v) is 8.83. The number of aromatic nitrogens is 2. The van der Waals surface area contributed by atoms with Crippen molar-refractivity contribution in [1.82, 2.24) is 20.4 Å². The number of rotatable bonds is 7. The van der Waals surface area contributed by atoms with Gasteiger partial charge in [-0.25, -0.2) is 0 Å². The third-order valence-electron chi connectivity index (χ3n) is 3.50. The second-order valence-electron chi connectivity index (χ2n) is 5.42. The Morgan fingerprint density at radius 1 is 1.38 bits per heavy atom. The van der Waals surface area contributed by atoms with Gasteiger partial charge in [-0.1, -0.05) is 29.3 Å². The predicted octanol–water partition coefficient (Wildman–Crippen LogP) is 3.90. The lowest BCUT2D eigenvalue weighted by molar-refractivity contribution is 0.582. The van der Waals surface area contributed by atoms with Crippen LogP contribution in [0.1, 0.15) is 31.9 Å². The van der Waals surface area contributed by atoms with Crippen molar-refractivity contribution in [3.8, 4) is 0 Å². The monoisotopic (exact) mass is 367 g/mol. The Morgan fingerprint density at radius 2 is 2.21 bits per heavy atom. The Labute approximate surface area is 153 Å². The van der Waals surface area contributed by atoms with Crippen LogP contribution in [0.3, 0.4) is 0 Å². The van der Waals surface area contributed by atoms with Crippen LogP contribution in [0, 0.1) is 0 Å². The molecule has 0 spiro atoms. The van der Waals surface area contributed by atoms with Crippen molar-refractivity contribution in [2.24, 2.45) is 4.99 Å². The number of nitrogens with one attached hydrogen (secondary N) is 2. The Bertz CT molecular complexity index is 655. The van der Waals surface area contributed by atoms with Gasteiger partial charge in [0.15, 0.2) is 5.96 Å². The fourth-order valence-corrected chi connectivity index (χ4v) is 2.88. The Kier molecular flexibility index (Phi) is 7.40. The van der Waals surface area contributed by atoms with E-state index >= 15 is 0 Å². The van der Waals surface area contributed by atoms with Crippen LogP contribution in [0.5, 0.6) is 0 Å². The van der Waals surface area contributed by atoms with E-state index in [1.54, 1.807) is 12.3 Å². The van der Waals surface area contributed by atoms with Crippen LogP contribution in [-0.2, 0) is 6.54 Å². The van der Waals surface area contributed by atoms with Crippen molar-refractivity contribution in [3.05, 3.63) is 52.3 Å². The molecule has 1 aromatic heterocycles. The van der Waals surface area contributed by atoms with Crippen LogP contribution >= 0.6 is 23.2 Å². The lowest BCUT2D eigenvalue weighted by atomic mass is 10.1. The molecule has 2 rings (SSSR count). The Balaban J connectivity index is 1.92. The van der Waals surface area contributed by atoms with E-state index in [4.69, 9.17) is 23.2 Å². The quantitative estimate of drug-likeness (QED) is 0.443. The summed E-state index contributed by atoms with van der Waals surface area (Å²) in [6.45, 7) is 6.46. The molecule has 0 fully saturated rings. The van der Waals surface area contributed by atoms with E-state index in [1.807, 2.05) is 42.9 Å². The minimum Gasteiger partial charge on any atom is -0.357 e. The van der Waals surface area contributed by atoms with Gasteiger partial charge in [0.1, 0.15) is 0 Å². The molecule has 2 aromatic rings. The molecule has 0 aliphatic carbocycles. The minimum atomic E-state index is 0.0266.